The predicted molar refractivity (Wildman–Crippen MR) is 66.4 cm³/mol. The minimum Gasteiger partial charge on any atom is -0.508 e. The van der Waals surface area contributed by atoms with E-state index in [0.29, 0.717) is 6.54 Å². The molecule has 1 aliphatic carbocycles. The lowest BCUT2D eigenvalue weighted by atomic mass is 10.1. The minimum absolute atomic E-state index is 0.00858. The first-order valence-corrected chi connectivity index (χ1v) is 6.30. The molecule has 2 nitrogen and oxygen atoms in total. The molecule has 0 aromatic heterocycles. The first-order chi connectivity index (χ1) is 8.13. The number of phenolic OH excluding ortho intramolecular Hbond substituents is 1. The second-order valence-electron chi connectivity index (χ2n) is 5.16. The van der Waals surface area contributed by atoms with Crippen LogP contribution >= 0.6 is 0 Å². The van der Waals surface area contributed by atoms with Gasteiger partial charge in [-0.3, -0.25) is 0 Å². The van der Waals surface area contributed by atoms with Crippen LogP contribution < -0.4 is 0 Å². The smallest absolute Gasteiger partial charge is 0.127 e. The molecule has 94 valence electrons. The number of phenols is 1. The molecule has 0 aliphatic heterocycles. The van der Waals surface area contributed by atoms with E-state index >= 15 is 0 Å². The molecule has 3 heteroatoms. The summed E-state index contributed by atoms with van der Waals surface area (Å²) in [5.41, 5.74) is 0.836. The Labute approximate surface area is 102 Å². The Hall–Kier alpha value is -1.09. The lowest BCUT2D eigenvalue weighted by Crippen LogP contribution is -2.24. The van der Waals surface area contributed by atoms with Gasteiger partial charge in [0.1, 0.15) is 11.6 Å². The summed E-state index contributed by atoms with van der Waals surface area (Å²) in [5, 5.41) is 9.33. The van der Waals surface area contributed by atoms with Crippen molar-refractivity contribution in [3.05, 3.63) is 29.6 Å². The average Bonchev–Trinajstić information content (AvgIpc) is 2.67. The zero-order valence-electron chi connectivity index (χ0n) is 10.3. The maximum Gasteiger partial charge on any atom is 0.127 e. The van der Waals surface area contributed by atoms with Crippen LogP contribution in [0.15, 0.2) is 18.2 Å². The van der Waals surface area contributed by atoms with Gasteiger partial charge in [-0.05, 0) is 43.5 Å². The standard InChI is InChI=1S/C14H20FNO/c1-16(9-11-4-2-3-5-11)10-12-6-13(15)8-14(17)7-12/h6-8,11,17H,2-5,9-10H2,1H3. The summed E-state index contributed by atoms with van der Waals surface area (Å²) in [5.74, 6) is 0.436. The number of hydrogen-bond donors (Lipinski definition) is 1. The van der Waals surface area contributed by atoms with E-state index in [-0.39, 0.29) is 11.6 Å². The summed E-state index contributed by atoms with van der Waals surface area (Å²) in [6.07, 6.45) is 5.33. The summed E-state index contributed by atoms with van der Waals surface area (Å²) >= 11 is 0. The topological polar surface area (TPSA) is 23.5 Å². The zero-order chi connectivity index (χ0) is 12.3. The molecule has 1 aromatic carbocycles. The van der Waals surface area contributed by atoms with Crippen molar-refractivity contribution in [2.45, 2.75) is 32.2 Å². The molecule has 1 fully saturated rings. The van der Waals surface area contributed by atoms with Gasteiger partial charge in [-0.25, -0.2) is 4.39 Å². The van der Waals surface area contributed by atoms with Crippen molar-refractivity contribution < 1.29 is 9.50 Å². The van der Waals surface area contributed by atoms with E-state index in [1.54, 1.807) is 6.07 Å². The maximum atomic E-state index is 13.1. The van der Waals surface area contributed by atoms with Crippen LogP contribution in [0.4, 0.5) is 4.39 Å². The summed E-state index contributed by atoms with van der Waals surface area (Å²) in [7, 11) is 2.06. The van der Waals surface area contributed by atoms with Gasteiger partial charge in [0, 0.05) is 19.2 Å². The van der Waals surface area contributed by atoms with Gasteiger partial charge in [0.25, 0.3) is 0 Å². The molecule has 0 unspecified atom stereocenters. The number of hydrogen-bond acceptors (Lipinski definition) is 2. The van der Waals surface area contributed by atoms with Crippen molar-refractivity contribution in [3.63, 3.8) is 0 Å². The van der Waals surface area contributed by atoms with Crippen molar-refractivity contribution in [1.29, 1.82) is 0 Å². The van der Waals surface area contributed by atoms with Crippen LogP contribution in [0.3, 0.4) is 0 Å². The number of nitrogens with zero attached hydrogens (tertiary/aromatic N) is 1. The minimum atomic E-state index is -0.366. The molecule has 0 amide bonds. The van der Waals surface area contributed by atoms with Crippen LogP contribution in [0.5, 0.6) is 5.75 Å². The van der Waals surface area contributed by atoms with E-state index in [4.69, 9.17) is 0 Å². The Balaban J connectivity index is 1.90. The van der Waals surface area contributed by atoms with E-state index in [9.17, 15) is 9.50 Å². The van der Waals surface area contributed by atoms with E-state index in [2.05, 4.69) is 11.9 Å². The third kappa shape index (κ3) is 3.70. The fraction of sp³-hybridized carbons (Fsp3) is 0.571. The average molecular weight is 237 g/mol. The predicted octanol–water partition coefficient (Wildman–Crippen LogP) is 3.15. The van der Waals surface area contributed by atoms with Crippen LogP contribution in [0.25, 0.3) is 0 Å². The fourth-order valence-electron chi connectivity index (χ4n) is 2.73. The first-order valence-electron chi connectivity index (χ1n) is 6.30. The van der Waals surface area contributed by atoms with Crippen molar-refractivity contribution in [1.82, 2.24) is 4.90 Å². The third-order valence-corrected chi connectivity index (χ3v) is 3.44. The van der Waals surface area contributed by atoms with E-state index in [1.165, 1.54) is 31.7 Å². The second-order valence-corrected chi connectivity index (χ2v) is 5.16. The van der Waals surface area contributed by atoms with Gasteiger partial charge in [0.2, 0.25) is 0 Å². The molecule has 0 bridgehead atoms. The molecule has 1 aromatic rings. The number of aromatic hydroxyl groups is 1. The SMILES string of the molecule is CN(Cc1cc(O)cc(F)c1)CC1CCCC1. The molecule has 0 radical (unpaired) electrons. The molecule has 1 saturated carbocycles. The molecule has 0 spiro atoms. The Morgan fingerprint density at radius 3 is 2.65 bits per heavy atom. The highest BCUT2D eigenvalue weighted by Crippen LogP contribution is 2.25. The Bertz CT molecular complexity index is 354. The van der Waals surface area contributed by atoms with E-state index in [0.717, 1.165) is 24.1 Å². The summed E-state index contributed by atoms with van der Waals surface area (Å²) in [6.45, 7) is 1.76. The molecular formula is C14H20FNO. The molecule has 2 rings (SSSR count). The van der Waals surface area contributed by atoms with Gasteiger partial charge in [-0.2, -0.15) is 0 Å². The number of halogens is 1. The normalized spacial score (nSPS) is 16.9. The third-order valence-electron chi connectivity index (χ3n) is 3.44. The molecule has 0 atom stereocenters. The van der Waals surface area contributed by atoms with Crippen LogP contribution in [0, 0.1) is 11.7 Å². The quantitative estimate of drug-likeness (QED) is 0.869. The molecular weight excluding hydrogens is 217 g/mol. The lowest BCUT2D eigenvalue weighted by Gasteiger charge is -2.20. The van der Waals surface area contributed by atoms with Gasteiger partial charge in [0.05, 0.1) is 0 Å². The van der Waals surface area contributed by atoms with Crippen molar-refractivity contribution >= 4 is 0 Å². The first kappa shape index (κ1) is 12.4. The highest BCUT2D eigenvalue weighted by molar-refractivity contribution is 5.28. The highest BCUT2D eigenvalue weighted by atomic mass is 19.1. The zero-order valence-corrected chi connectivity index (χ0v) is 10.3. The van der Waals surface area contributed by atoms with Crippen LogP contribution in [-0.2, 0) is 6.54 Å². The number of benzene rings is 1. The van der Waals surface area contributed by atoms with Gasteiger partial charge in [0.15, 0.2) is 0 Å². The van der Waals surface area contributed by atoms with E-state index in [1.807, 2.05) is 0 Å². The van der Waals surface area contributed by atoms with Crippen LogP contribution in [-0.4, -0.2) is 23.6 Å². The fourth-order valence-corrected chi connectivity index (χ4v) is 2.73. The van der Waals surface area contributed by atoms with Gasteiger partial charge in [-0.1, -0.05) is 12.8 Å². The lowest BCUT2D eigenvalue weighted by molar-refractivity contribution is 0.270. The van der Waals surface area contributed by atoms with Gasteiger partial charge in [-0.15, -0.1) is 0 Å². The highest BCUT2D eigenvalue weighted by Gasteiger charge is 2.16. The van der Waals surface area contributed by atoms with Gasteiger partial charge < -0.3 is 10.0 Å². The molecule has 17 heavy (non-hydrogen) atoms. The Morgan fingerprint density at radius 1 is 1.29 bits per heavy atom. The van der Waals surface area contributed by atoms with E-state index < -0.39 is 0 Å². The van der Waals surface area contributed by atoms with Crippen molar-refractivity contribution in [3.8, 4) is 5.75 Å². The summed E-state index contributed by atoms with van der Waals surface area (Å²) in [6, 6.07) is 4.26. The Morgan fingerprint density at radius 2 is 2.00 bits per heavy atom. The second kappa shape index (κ2) is 5.50. The Kier molecular flexibility index (Phi) is 4.00. The largest absolute Gasteiger partial charge is 0.508 e. The van der Waals surface area contributed by atoms with Crippen LogP contribution in [0.1, 0.15) is 31.2 Å². The molecule has 1 N–H and O–H groups in total. The molecule has 1 aliphatic rings. The van der Waals surface area contributed by atoms with Crippen molar-refractivity contribution in [2.24, 2.45) is 5.92 Å². The summed E-state index contributed by atoms with van der Waals surface area (Å²) < 4.78 is 13.1. The monoisotopic (exact) mass is 237 g/mol. The number of rotatable bonds is 4. The maximum absolute atomic E-state index is 13.1. The van der Waals surface area contributed by atoms with Crippen LogP contribution in [0.2, 0.25) is 0 Å². The summed E-state index contributed by atoms with van der Waals surface area (Å²) in [4.78, 5) is 2.21. The van der Waals surface area contributed by atoms with Gasteiger partial charge >= 0.3 is 0 Å². The van der Waals surface area contributed by atoms with Crippen molar-refractivity contribution in [2.75, 3.05) is 13.6 Å². The molecule has 0 heterocycles. The molecule has 0 saturated heterocycles.